The highest BCUT2D eigenvalue weighted by molar-refractivity contribution is 7.91. The minimum absolute atomic E-state index is 0.488. The molecule has 4 nitrogen and oxygen atoms in total. The molecule has 0 fully saturated rings. The molecule has 1 aromatic carbocycles. The lowest BCUT2D eigenvalue weighted by Gasteiger charge is -2.19. The summed E-state index contributed by atoms with van der Waals surface area (Å²) in [5.74, 6) is 0. The van der Waals surface area contributed by atoms with E-state index in [-0.39, 0.29) is 0 Å². The smallest absolute Gasteiger partial charge is 0.155 e. The molecule has 1 aromatic rings. The van der Waals surface area contributed by atoms with Crippen LogP contribution in [0.1, 0.15) is 11.7 Å². The molecular formula is C10H14O4S. The van der Waals surface area contributed by atoms with Crippen molar-refractivity contribution in [1.29, 1.82) is 0 Å². The van der Waals surface area contributed by atoms with Crippen LogP contribution >= 0.6 is 0 Å². The summed E-state index contributed by atoms with van der Waals surface area (Å²) in [6.07, 6.45) is -0.189. The van der Waals surface area contributed by atoms with Gasteiger partial charge in [0.2, 0.25) is 0 Å². The fraction of sp³-hybridized carbons (Fsp3) is 0.400. The van der Waals surface area contributed by atoms with Crippen LogP contribution in [0.3, 0.4) is 0 Å². The second-order valence-electron chi connectivity index (χ2n) is 3.41. The van der Waals surface area contributed by atoms with E-state index in [0.29, 0.717) is 5.56 Å². The summed E-state index contributed by atoms with van der Waals surface area (Å²) in [5.41, 5.74) is 0.488. The van der Waals surface area contributed by atoms with Crippen molar-refractivity contribution in [2.45, 2.75) is 11.4 Å². The standard InChI is InChI=1S/C10H14O4S/c1-15(13,14)9(7-11)10(12)8-5-3-2-4-6-8/h2-6,9-12H,7H2,1H3/t9-,10+/m1/s1. The summed E-state index contributed by atoms with van der Waals surface area (Å²) >= 11 is 0. The van der Waals surface area contributed by atoms with Crippen molar-refractivity contribution in [2.24, 2.45) is 0 Å². The van der Waals surface area contributed by atoms with Gasteiger partial charge >= 0.3 is 0 Å². The van der Waals surface area contributed by atoms with E-state index in [4.69, 9.17) is 5.11 Å². The van der Waals surface area contributed by atoms with Gasteiger partial charge in [0.15, 0.2) is 9.84 Å². The second kappa shape index (κ2) is 4.74. The van der Waals surface area contributed by atoms with Gasteiger partial charge in [-0.2, -0.15) is 0 Å². The van der Waals surface area contributed by atoms with Crippen LogP contribution in [0.4, 0.5) is 0 Å². The molecule has 0 aromatic heterocycles. The van der Waals surface area contributed by atoms with Crippen molar-refractivity contribution in [3.8, 4) is 0 Å². The first-order valence-electron chi connectivity index (χ1n) is 4.49. The lowest BCUT2D eigenvalue weighted by atomic mass is 10.1. The Hall–Kier alpha value is -0.910. The van der Waals surface area contributed by atoms with Crippen LogP contribution in [0, 0.1) is 0 Å². The molecule has 0 aliphatic carbocycles. The topological polar surface area (TPSA) is 74.6 Å². The van der Waals surface area contributed by atoms with E-state index in [2.05, 4.69) is 0 Å². The Kier molecular flexibility index (Phi) is 3.84. The molecule has 0 radical (unpaired) electrons. The molecule has 1 rings (SSSR count). The van der Waals surface area contributed by atoms with Crippen LogP contribution in [-0.4, -0.2) is 36.7 Å². The van der Waals surface area contributed by atoms with Crippen LogP contribution in [0.25, 0.3) is 0 Å². The highest BCUT2D eigenvalue weighted by atomic mass is 32.2. The average molecular weight is 230 g/mol. The maximum Gasteiger partial charge on any atom is 0.155 e. The minimum Gasteiger partial charge on any atom is -0.395 e. The van der Waals surface area contributed by atoms with Gasteiger partial charge in [-0.3, -0.25) is 0 Å². The monoisotopic (exact) mass is 230 g/mol. The fourth-order valence-electron chi connectivity index (χ4n) is 1.33. The molecule has 0 saturated carbocycles. The molecule has 0 unspecified atom stereocenters. The Morgan fingerprint density at radius 2 is 1.80 bits per heavy atom. The molecule has 2 atom stereocenters. The highest BCUT2D eigenvalue weighted by Crippen LogP contribution is 2.20. The van der Waals surface area contributed by atoms with Crippen LogP contribution in [0.5, 0.6) is 0 Å². The lowest BCUT2D eigenvalue weighted by molar-refractivity contribution is 0.138. The Labute approximate surface area is 89.1 Å². The van der Waals surface area contributed by atoms with Crippen molar-refractivity contribution >= 4 is 9.84 Å². The normalized spacial score (nSPS) is 15.9. The number of hydrogen-bond acceptors (Lipinski definition) is 4. The molecule has 0 aliphatic heterocycles. The molecule has 0 heterocycles. The van der Waals surface area contributed by atoms with Gasteiger partial charge in [-0.15, -0.1) is 0 Å². The molecule has 0 amide bonds. The molecule has 0 saturated heterocycles. The van der Waals surface area contributed by atoms with Crippen LogP contribution in [-0.2, 0) is 9.84 Å². The third-order valence-electron chi connectivity index (χ3n) is 2.22. The summed E-state index contributed by atoms with van der Waals surface area (Å²) in [6, 6.07) is 8.42. The predicted molar refractivity (Wildman–Crippen MR) is 57.1 cm³/mol. The molecule has 0 bridgehead atoms. The van der Waals surface area contributed by atoms with Crippen LogP contribution in [0.15, 0.2) is 30.3 Å². The van der Waals surface area contributed by atoms with Crippen molar-refractivity contribution in [3.05, 3.63) is 35.9 Å². The maximum absolute atomic E-state index is 11.3. The van der Waals surface area contributed by atoms with E-state index in [1.54, 1.807) is 30.3 Å². The van der Waals surface area contributed by atoms with Crippen LogP contribution in [0.2, 0.25) is 0 Å². The van der Waals surface area contributed by atoms with Crippen molar-refractivity contribution in [2.75, 3.05) is 12.9 Å². The first-order chi connectivity index (χ1) is 6.96. The summed E-state index contributed by atoms with van der Waals surface area (Å²) < 4.78 is 22.5. The van der Waals surface area contributed by atoms with Crippen molar-refractivity contribution in [1.82, 2.24) is 0 Å². The summed E-state index contributed by atoms with van der Waals surface area (Å²) in [4.78, 5) is 0. The number of aliphatic hydroxyl groups excluding tert-OH is 2. The molecule has 84 valence electrons. The lowest BCUT2D eigenvalue weighted by Crippen LogP contribution is -2.31. The van der Waals surface area contributed by atoms with Gasteiger partial charge in [-0.1, -0.05) is 30.3 Å². The van der Waals surface area contributed by atoms with Crippen LogP contribution < -0.4 is 0 Å². The molecule has 2 N–H and O–H groups in total. The highest BCUT2D eigenvalue weighted by Gasteiger charge is 2.29. The second-order valence-corrected chi connectivity index (χ2v) is 5.67. The van der Waals surface area contributed by atoms with Crippen molar-refractivity contribution < 1.29 is 18.6 Å². The zero-order chi connectivity index (χ0) is 11.5. The van der Waals surface area contributed by atoms with Gasteiger partial charge < -0.3 is 10.2 Å². The number of hydrogen-bond donors (Lipinski definition) is 2. The Morgan fingerprint density at radius 1 is 1.27 bits per heavy atom. The number of benzene rings is 1. The van der Waals surface area contributed by atoms with E-state index >= 15 is 0 Å². The van der Waals surface area contributed by atoms with E-state index in [1.807, 2.05) is 0 Å². The van der Waals surface area contributed by atoms with E-state index in [1.165, 1.54) is 0 Å². The first-order valence-corrected chi connectivity index (χ1v) is 6.45. The van der Waals surface area contributed by atoms with Gasteiger partial charge in [0.25, 0.3) is 0 Å². The summed E-state index contributed by atoms with van der Waals surface area (Å²) in [5, 5.41) is 17.6. The SMILES string of the molecule is CS(=O)(=O)[C@H](CO)[C@@H](O)c1ccccc1. The molecule has 15 heavy (non-hydrogen) atoms. The zero-order valence-electron chi connectivity index (χ0n) is 8.37. The van der Waals surface area contributed by atoms with Gasteiger partial charge in [0.1, 0.15) is 5.25 Å². The van der Waals surface area contributed by atoms with E-state index in [0.717, 1.165) is 6.26 Å². The van der Waals surface area contributed by atoms with E-state index < -0.39 is 27.8 Å². The van der Waals surface area contributed by atoms with Crippen molar-refractivity contribution in [3.63, 3.8) is 0 Å². The number of sulfone groups is 1. The number of aliphatic hydroxyl groups is 2. The number of rotatable bonds is 4. The Bertz CT molecular complexity index is 399. The molecule has 5 heteroatoms. The average Bonchev–Trinajstić information content (AvgIpc) is 2.18. The Balaban J connectivity index is 2.98. The molecule has 0 aliphatic rings. The molecule has 0 spiro atoms. The largest absolute Gasteiger partial charge is 0.395 e. The summed E-state index contributed by atoms with van der Waals surface area (Å²) in [7, 11) is -3.46. The predicted octanol–water partition coefficient (Wildman–Crippen LogP) is 0.125. The Morgan fingerprint density at radius 3 is 2.20 bits per heavy atom. The van der Waals surface area contributed by atoms with Gasteiger partial charge in [0.05, 0.1) is 12.7 Å². The molecular weight excluding hydrogens is 216 g/mol. The fourth-order valence-corrected chi connectivity index (χ4v) is 2.23. The first kappa shape index (κ1) is 12.2. The maximum atomic E-state index is 11.3. The zero-order valence-corrected chi connectivity index (χ0v) is 9.18. The van der Waals surface area contributed by atoms with Gasteiger partial charge in [-0.05, 0) is 5.56 Å². The van der Waals surface area contributed by atoms with Gasteiger partial charge in [0, 0.05) is 6.26 Å². The van der Waals surface area contributed by atoms with Gasteiger partial charge in [-0.25, -0.2) is 8.42 Å². The minimum atomic E-state index is -3.46. The third kappa shape index (κ3) is 3.02. The van der Waals surface area contributed by atoms with E-state index in [9.17, 15) is 13.5 Å². The summed E-state index contributed by atoms with van der Waals surface area (Å²) in [6.45, 7) is -0.588. The quantitative estimate of drug-likeness (QED) is 0.770. The third-order valence-corrected chi connectivity index (χ3v) is 3.73.